The minimum Gasteiger partial charge on any atom is -0.496 e. The van der Waals surface area contributed by atoms with Crippen LogP contribution < -0.4 is 20.6 Å². The number of carbonyl (C=O) groups excluding carboxylic acids is 1. The Morgan fingerprint density at radius 3 is 2.53 bits per heavy atom. The lowest BCUT2D eigenvalue weighted by Gasteiger charge is -2.18. The number of ether oxygens (including phenoxy) is 2. The summed E-state index contributed by atoms with van der Waals surface area (Å²) in [6, 6.07) is 12.9. The van der Waals surface area contributed by atoms with Gasteiger partial charge in [0.25, 0.3) is 0 Å². The summed E-state index contributed by atoms with van der Waals surface area (Å²) >= 11 is 0. The number of anilines is 1. The molecule has 0 aliphatic carbocycles. The molecule has 0 radical (unpaired) electrons. The maximum absolute atomic E-state index is 12.0. The highest BCUT2D eigenvalue weighted by Gasteiger charge is 2.15. The first-order valence-corrected chi connectivity index (χ1v) is 9.52. The lowest BCUT2D eigenvalue weighted by atomic mass is 10.1. The average Bonchev–Trinajstić information content (AvgIpc) is 3.05. The largest absolute Gasteiger partial charge is 0.496 e. The van der Waals surface area contributed by atoms with Gasteiger partial charge in [0.1, 0.15) is 18.1 Å². The molecule has 0 fully saturated rings. The van der Waals surface area contributed by atoms with Crippen molar-refractivity contribution in [2.24, 2.45) is 5.84 Å². The highest BCUT2D eigenvalue weighted by Crippen LogP contribution is 2.30. The minimum atomic E-state index is -0.435. The van der Waals surface area contributed by atoms with Crippen molar-refractivity contribution in [3.05, 3.63) is 65.0 Å². The molecule has 8 nitrogen and oxygen atoms in total. The summed E-state index contributed by atoms with van der Waals surface area (Å²) in [5, 5.41) is 8.27. The molecule has 30 heavy (non-hydrogen) atoms. The normalized spacial score (nSPS) is 10.6. The van der Waals surface area contributed by atoms with Crippen LogP contribution in [0, 0.1) is 20.8 Å². The van der Waals surface area contributed by atoms with Crippen LogP contribution in [0.4, 0.5) is 10.5 Å². The highest BCUT2D eigenvalue weighted by molar-refractivity contribution is 5.90. The SMILES string of the molecule is COc1cccc(NC(=O)N(C)N)c1COc1ccc(-n2nc(C)cc2C)cc1C. The van der Waals surface area contributed by atoms with Gasteiger partial charge in [0.2, 0.25) is 0 Å². The van der Waals surface area contributed by atoms with E-state index in [1.807, 2.05) is 55.8 Å². The Balaban J connectivity index is 1.83. The van der Waals surface area contributed by atoms with Crippen LogP contribution in [0.25, 0.3) is 5.69 Å². The first-order valence-electron chi connectivity index (χ1n) is 9.52. The van der Waals surface area contributed by atoms with Crippen LogP contribution in [-0.4, -0.2) is 35.0 Å². The van der Waals surface area contributed by atoms with Crippen LogP contribution in [0.3, 0.4) is 0 Å². The van der Waals surface area contributed by atoms with E-state index in [2.05, 4.69) is 10.4 Å². The standard InChI is InChI=1S/C22H27N5O3/c1-14-11-17(27-16(3)12-15(2)25-27)9-10-20(14)30-13-18-19(24-22(28)26(4)23)7-6-8-21(18)29-5/h6-12H,13,23H2,1-5H3,(H,24,28). The number of nitrogens with zero attached hydrogens (tertiary/aromatic N) is 3. The van der Waals surface area contributed by atoms with Gasteiger partial charge >= 0.3 is 6.03 Å². The number of nitrogens with one attached hydrogen (secondary N) is 1. The van der Waals surface area contributed by atoms with Crippen molar-refractivity contribution >= 4 is 11.7 Å². The smallest absolute Gasteiger partial charge is 0.335 e. The summed E-state index contributed by atoms with van der Waals surface area (Å²) in [5.41, 5.74) is 5.29. The highest BCUT2D eigenvalue weighted by atomic mass is 16.5. The van der Waals surface area contributed by atoms with Crippen molar-refractivity contribution in [3.8, 4) is 17.2 Å². The molecule has 0 spiro atoms. The number of benzene rings is 2. The molecule has 3 N–H and O–H groups in total. The van der Waals surface area contributed by atoms with E-state index >= 15 is 0 Å². The molecule has 0 bridgehead atoms. The van der Waals surface area contributed by atoms with Gasteiger partial charge in [-0.1, -0.05) is 6.07 Å². The fraction of sp³-hybridized carbons (Fsp3) is 0.273. The third kappa shape index (κ3) is 4.55. The number of carbonyl (C=O) groups is 1. The maximum atomic E-state index is 12.0. The van der Waals surface area contributed by atoms with Crippen molar-refractivity contribution in [2.75, 3.05) is 19.5 Å². The topological polar surface area (TPSA) is 94.6 Å². The third-order valence-electron chi connectivity index (χ3n) is 4.70. The Hall–Kier alpha value is -3.52. The zero-order valence-electron chi connectivity index (χ0n) is 17.9. The first kappa shape index (κ1) is 21.2. The average molecular weight is 409 g/mol. The molecule has 8 heteroatoms. The molecule has 0 saturated heterocycles. The number of nitrogens with two attached hydrogens (primary N) is 1. The van der Waals surface area contributed by atoms with Crippen molar-refractivity contribution in [3.63, 3.8) is 0 Å². The minimum absolute atomic E-state index is 0.216. The molecule has 1 heterocycles. The number of rotatable bonds is 6. The zero-order chi connectivity index (χ0) is 21.8. The second-order valence-electron chi connectivity index (χ2n) is 7.10. The Bertz CT molecular complexity index is 1060. The number of methoxy groups -OCH3 is 1. The van der Waals surface area contributed by atoms with Gasteiger partial charge in [-0.2, -0.15) is 5.10 Å². The van der Waals surface area contributed by atoms with Crippen LogP contribution >= 0.6 is 0 Å². The van der Waals surface area contributed by atoms with E-state index in [-0.39, 0.29) is 6.61 Å². The van der Waals surface area contributed by atoms with Gasteiger partial charge in [-0.25, -0.2) is 15.3 Å². The van der Waals surface area contributed by atoms with Crippen LogP contribution in [0.2, 0.25) is 0 Å². The Morgan fingerprint density at radius 1 is 1.17 bits per heavy atom. The van der Waals surface area contributed by atoms with E-state index < -0.39 is 6.03 Å². The predicted molar refractivity (Wildman–Crippen MR) is 116 cm³/mol. The van der Waals surface area contributed by atoms with Crippen molar-refractivity contribution in [1.29, 1.82) is 0 Å². The molecule has 3 aromatic rings. The van der Waals surface area contributed by atoms with Crippen molar-refractivity contribution < 1.29 is 14.3 Å². The number of hydrazine groups is 1. The van der Waals surface area contributed by atoms with Gasteiger partial charge in [-0.3, -0.25) is 5.01 Å². The van der Waals surface area contributed by atoms with E-state index in [0.717, 1.165) is 39.0 Å². The van der Waals surface area contributed by atoms with Crippen LogP contribution in [0.5, 0.6) is 11.5 Å². The lowest BCUT2D eigenvalue weighted by Crippen LogP contribution is -2.37. The molecule has 3 rings (SSSR count). The van der Waals surface area contributed by atoms with Crippen LogP contribution in [0.1, 0.15) is 22.5 Å². The van der Waals surface area contributed by atoms with Crippen LogP contribution in [0.15, 0.2) is 42.5 Å². The molecule has 1 aromatic heterocycles. The predicted octanol–water partition coefficient (Wildman–Crippen LogP) is 3.72. The summed E-state index contributed by atoms with van der Waals surface area (Å²) in [7, 11) is 3.05. The molecule has 158 valence electrons. The maximum Gasteiger partial charge on any atom is 0.335 e. The van der Waals surface area contributed by atoms with E-state index in [4.69, 9.17) is 15.3 Å². The van der Waals surface area contributed by atoms with Gasteiger partial charge in [-0.15, -0.1) is 0 Å². The zero-order valence-corrected chi connectivity index (χ0v) is 17.9. The molecule has 2 aromatic carbocycles. The molecule has 2 amide bonds. The van der Waals surface area contributed by atoms with Crippen molar-refractivity contribution in [1.82, 2.24) is 14.8 Å². The Morgan fingerprint density at radius 2 is 1.93 bits per heavy atom. The van der Waals surface area contributed by atoms with Gasteiger partial charge in [-0.05, 0) is 62.7 Å². The van der Waals surface area contributed by atoms with Gasteiger partial charge in [0.05, 0.1) is 29.7 Å². The van der Waals surface area contributed by atoms with E-state index in [1.165, 1.54) is 7.05 Å². The number of aromatic nitrogens is 2. The van der Waals surface area contributed by atoms with E-state index in [0.29, 0.717) is 11.4 Å². The summed E-state index contributed by atoms with van der Waals surface area (Å²) in [5.74, 6) is 6.87. The molecule has 0 unspecified atom stereocenters. The molecular weight excluding hydrogens is 382 g/mol. The third-order valence-corrected chi connectivity index (χ3v) is 4.70. The summed E-state index contributed by atoms with van der Waals surface area (Å²) in [4.78, 5) is 12.0. The molecule has 0 saturated carbocycles. The second-order valence-corrected chi connectivity index (χ2v) is 7.10. The molecule has 0 aliphatic rings. The summed E-state index contributed by atoms with van der Waals surface area (Å²) in [6.45, 7) is 6.20. The van der Waals surface area contributed by atoms with Crippen LogP contribution in [-0.2, 0) is 6.61 Å². The second kappa shape index (κ2) is 8.87. The van der Waals surface area contributed by atoms with Gasteiger partial charge < -0.3 is 14.8 Å². The first-order chi connectivity index (χ1) is 14.3. The summed E-state index contributed by atoms with van der Waals surface area (Å²) < 4.78 is 13.4. The van der Waals surface area contributed by atoms with E-state index in [9.17, 15) is 4.79 Å². The Kier molecular flexibility index (Phi) is 6.27. The number of hydrogen-bond acceptors (Lipinski definition) is 5. The number of urea groups is 1. The monoisotopic (exact) mass is 409 g/mol. The number of hydrogen-bond donors (Lipinski definition) is 2. The fourth-order valence-corrected chi connectivity index (χ4v) is 3.19. The molecular formula is C22H27N5O3. The fourth-order valence-electron chi connectivity index (χ4n) is 3.19. The quantitative estimate of drug-likeness (QED) is 0.368. The summed E-state index contributed by atoms with van der Waals surface area (Å²) in [6.07, 6.45) is 0. The van der Waals surface area contributed by atoms with Gasteiger partial charge in [0, 0.05) is 12.7 Å². The number of amides is 2. The molecule has 0 aliphatic heterocycles. The molecule has 0 atom stereocenters. The lowest BCUT2D eigenvalue weighted by molar-refractivity contribution is 0.223. The Labute approximate surface area is 176 Å². The van der Waals surface area contributed by atoms with E-state index in [1.54, 1.807) is 19.2 Å². The van der Waals surface area contributed by atoms with Gasteiger partial charge in [0.15, 0.2) is 0 Å². The van der Waals surface area contributed by atoms with Crippen molar-refractivity contribution in [2.45, 2.75) is 27.4 Å². The number of aryl methyl sites for hydroxylation is 3.